The summed E-state index contributed by atoms with van der Waals surface area (Å²) in [4.78, 5) is 14.1. The summed E-state index contributed by atoms with van der Waals surface area (Å²) in [6, 6.07) is 12.4. The van der Waals surface area contributed by atoms with Crippen LogP contribution in [-0.4, -0.2) is 49.9 Å². The molecule has 1 N–H and O–H groups in total. The van der Waals surface area contributed by atoms with Crippen molar-refractivity contribution in [1.29, 1.82) is 0 Å². The summed E-state index contributed by atoms with van der Waals surface area (Å²) in [5.74, 6) is 2.46. The number of hydrogen-bond donors (Lipinski definition) is 1. The van der Waals surface area contributed by atoms with Crippen LogP contribution in [0.5, 0.6) is 0 Å². The molecule has 0 radical (unpaired) electrons. The molecule has 5 fully saturated rings. The van der Waals surface area contributed by atoms with Gasteiger partial charge in [-0.3, -0.25) is 10.1 Å². The van der Waals surface area contributed by atoms with Crippen molar-refractivity contribution in [2.24, 2.45) is 23.2 Å². The van der Waals surface area contributed by atoms with Gasteiger partial charge in [0.15, 0.2) is 0 Å². The maximum Gasteiger partial charge on any atom is 0.292 e. The summed E-state index contributed by atoms with van der Waals surface area (Å²) >= 11 is 0. The van der Waals surface area contributed by atoms with Crippen molar-refractivity contribution in [3.05, 3.63) is 58.1 Å². The van der Waals surface area contributed by atoms with E-state index in [-0.39, 0.29) is 22.1 Å². The Kier molecular flexibility index (Phi) is 6.42. The first-order valence-electron chi connectivity index (χ1n) is 14.0. The summed E-state index contributed by atoms with van der Waals surface area (Å²) in [5, 5.41) is 15.5. The number of benzene rings is 2. The summed E-state index contributed by atoms with van der Waals surface area (Å²) in [7, 11) is -3.54. The number of anilines is 2. The fourth-order valence-electron chi connectivity index (χ4n) is 8.14. The Labute approximate surface area is 225 Å². The first-order valence-corrected chi connectivity index (χ1v) is 15.4. The van der Waals surface area contributed by atoms with Crippen LogP contribution < -0.4 is 10.2 Å². The molecule has 4 bridgehead atoms. The fraction of sp³-hybridized carbons (Fsp3) is 0.586. The summed E-state index contributed by atoms with van der Waals surface area (Å²) in [6.45, 7) is 5.98. The molecule has 0 unspecified atom stereocenters. The minimum absolute atomic E-state index is 0.103. The zero-order valence-corrected chi connectivity index (χ0v) is 23.1. The van der Waals surface area contributed by atoms with Crippen molar-refractivity contribution < 1.29 is 13.3 Å². The third-order valence-electron chi connectivity index (χ3n) is 9.82. The predicted octanol–water partition coefficient (Wildman–Crippen LogP) is 5.43. The van der Waals surface area contributed by atoms with E-state index in [1.165, 1.54) is 42.8 Å². The summed E-state index contributed by atoms with van der Waals surface area (Å²) < 4.78 is 27.8. The summed E-state index contributed by atoms with van der Waals surface area (Å²) in [6.07, 6.45) is 7.81. The second kappa shape index (κ2) is 9.52. The van der Waals surface area contributed by atoms with E-state index in [9.17, 15) is 18.5 Å². The maximum atomic E-state index is 13.1. The molecule has 8 nitrogen and oxygen atoms in total. The highest BCUT2D eigenvalue weighted by atomic mass is 32.2. The van der Waals surface area contributed by atoms with E-state index in [0.717, 1.165) is 29.0 Å². The first kappa shape index (κ1) is 25.6. The van der Waals surface area contributed by atoms with E-state index >= 15 is 0 Å². The molecule has 9 heteroatoms. The Hall–Kier alpha value is -2.65. The highest BCUT2D eigenvalue weighted by Crippen LogP contribution is 2.61. The van der Waals surface area contributed by atoms with Crippen LogP contribution in [0.3, 0.4) is 0 Å². The molecule has 7 rings (SSSR count). The third kappa shape index (κ3) is 4.57. The average Bonchev–Trinajstić information content (AvgIpc) is 2.88. The normalized spacial score (nSPS) is 29.8. The fourth-order valence-corrected chi connectivity index (χ4v) is 9.56. The lowest BCUT2D eigenvalue weighted by Crippen LogP contribution is -2.53. The molecule has 4 aliphatic carbocycles. The van der Waals surface area contributed by atoms with E-state index in [1.54, 1.807) is 24.3 Å². The van der Waals surface area contributed by atoms with Crippen LogP contribution in [0.15, 0.2) is 47.4 Å². The topological polar surface area (TPSA) is 95.8 Å². The minimum Gasteiger partial charge on any atom is -0.376 e. The van der Waals surface area contributed by atoms with E-state index in [1.807, 2.05) is 25.1 Å². The number of nitrogens with zero attached hydrogens (tertiary/aromatic N) is 3. The number of hydrogen-bond acceptors (Lipinski definition) is 6. The molecule has 2 aromatic rings. The molecule has 2 aromatic carbocycles. The van der Waals surface area contributed by atoms with Crippen LogP contribution in [-0.2, 0) is 10.0 Å². The Bertz CT molecular complexity index is 1280. The lowest BCUT2D eigenvalue weighted by atomic mass is 9.48. The van der Waals surface area contributed by atoms with Crippen molar-refractivity contribution >= 4 is 27.1 Å². The molecule has 0 spiro atoms. The smallest absolute Gasteiger partial charge is 0.292 e. The van der Waals surface area contributed by atoms with E-state index in [4.69, 9.17) is 0 Å². The Morgan fingerprint density at radius 3 is 2.08 bits per heavy atom. The Morgan fingerprint density at radius 1 is 0.947 bits per heavy atom. The Morgan fingerprint density at radius 2 is 1.53 bits per heavy atom. The minimum atomic E-state index is -3.54. The van der Waals surface area contributed by atoms with Crippen LogP contribution >= 0.6 is 0 Å². The molecule has 4 saturated carbocycles. The zero-order chi connectivity index (χ0) is 26.7. The van der Waals surface area contributed by atoms with Crippen molar-refractivity contribution in [2.45, 2.75) is 63.3 Å². The number of nitrogens with one attached hydrogen (secondary N) is 1. The van der Waals surface area contributed by atoms with Gasteiger partial charge >= 0.3 is 0 Å². The van der Waals surface area contributed by atoms with Crippen molar-refractivity contribution in [3.63, 3.8) is 0 Å². The number of nitro groups is 1. The van der Waals surface area contributed by atoms with E-state index < -0.39 is 10.0 Å². The van der Waals surface area contributed by atoms with Gasteiger partial charge < -0.3 is 10.2 Å². The van der Waals surface area contributed by atoms with Gasteiger partial charge in [-0.1, -0.05) is 17.7 Å². The zero-order valence-electron chi connectivity index (χ0n) is 22.3. The van der Waals surface area contributed by atoms with Crippen molar-refractivity contribution in [1.82, 2.24) is 4.31 Å². The molecule has 0 amide bonds. The van der Waals surface area contributed by atoms with Crippen LogP contribution in [0.4, 0.5) is 17.1 Å². The van der Waals surface area contributed by atoms with Gasteiger partial charge in [-0.2, -0.15) is 4.31 Å². The van der Waals surface area contributed by atoms with Gasteiger partial charge in [0, 0.05) is 44.0 Å². The largest absolute Gasteiger partial charge is 0.376 e. The van der Waals surface area contributed by atoms with Crippen molar-refractivity contribution in [2.75, 3.05) is 36.4 Å². The van der Waals surface area contributed by atoms with Gasteiger partial charge in [0.2, 0.25) is 10.0 Å². The van der Waals surface area contributed by atoms with Gasteiger partial charge in [-0.05, 0) is 99.8 Å². The second-order valence-corrected chi connectivity index (χ2v) is 14.2. The summed E-state index contributed by atoms with van der Waals surface area (Å²) in [5.41, 5.74) is 2.82. The van der Waals surface area contributed by atoms with Crippen LogP contribution in [0.2, 0.25) is 0 Å². The van der Waals surface area contributed by atoms with Crippen LogP contribution in [0.25, 0.3) is 0 Å². The molecule has 204 valence electrons. The molecule has 5 aliphatic rings. The molecular formula is C29H38N4O4S. The quantitative estimate of drug-likeness (QED) is 0.373. The number of rotatable bonds is 7. The molecule has 1 heterocycles. The van der Waals surface area contributed by atoms with Gasteiger partial charge in [-0.15, -0.1) is 0 Å². The molecular weight excluding hydrogens is 500 g/mol. The first-order chi connectivity index (χ1) is 18.1. The highest BCUT2D eigenvalue weighted by Gasteiger charge is 2.53. The Balaban J connectivity index is 1.18. The molecule has 38 heavy (non-hydrogen) atoms. The standard InChI is InChI=1S/C29H38N4O4S/c1-20-3-6-26(7-4-20)38(36,37)32-11-9-31(10-12-32)25-5-8-28(33(34)35)27(16-25)30-21(2)29-17-22-13-23(18-29)15-24(14-22)19-29/h3-8,16,21-24,30H,9-15,17-19H2,1-2H3/t21-,22?,23?,24?,29?/m1/s1. The number of nitro benzene ring substituents is 1. The van der Waals surface area contributed by atoms with E-state index in [2.05, 4.69) is 17.1 Å². The lowest BCUT2D eigenvalue weighted by Gasteiger charge is -2.59. The van der Waals surface area contributed by atoms with Gasteiger partial charge in [-0.25, -0.2) is 8.42 Å². The van der Waals surface area contributed by atoms with Crippen LogP contribution in [0, 0.1) is 40.2 Å². The predicted molar refractivity (Wildman–Crippen MR) is 149 cm³/mol. The third-order valence-corrected chi connectivity index (χ3v) is 11.7. The maximum absolute atomic E-state index is 13.1. The van der Waals surface area contributed by atoms with Gasteiger partial charge in [0.25, 0.3) is 5.69 Å². The molecule has 1 atom stereocenters. The number of piperazine rings is 1. The number of aryl methyl sites for hydroxylation is 1. The van der Waals surface area contributed by atoms with E-state index in [0.29, 0.717) is 36.8 Å². The van der Waals surface area contributed by atoms with Crippen molar-refractivity contribution in [3.8, 4) is 0 Å². The molecule has 1 saturated heterocycles. The molecule has 1 aliphatic heterocycles. The lowest BCUT2D eigenvalue weighted by molar-refractivity contribution is -0.384. The van der Waals surface area contributed by atoms with Gasteiger partial charge in [0.05, 0.1) is 9.82 Å². The molecule has 0 aromatic heterocycles. The average molecular weight is 539 g/mol. The SMILES string of the molecule is Cc1ccc(S(=O)(=O)N2CCN(c3ccc([N+](=O)[O-])c(N[C@H](C)C45CC6CC(CC(C6)C4)C5)c3)CC2)cc1. The van der Waals surface area contributed by atoms with Gasteiger partial charge in [0.1, 0.15) is 5.69 Å². The highest BCUT2D eigenvalue weighted by molar-refractivity contribution is 7.89. The van der Waals surface area contributed by atoms with Crippen LogP contribution in [0.1, 0.15) is 51.0 Å². The monoisotopic (exact) mass is 538 g/mol. The number of sulfonamides is 1. The second-order valence-electron chi connectivity index (χ2n) is 12.3.